The molecule has 0 aliphatic heterocycles. The Bertz CT molecular complexity index is 674. The summed E-state index contributed by atoms with van der Waals surface area (Å²) in [7, 11) is 1.77. The first-order valence-electron chi connectivity index (χ1n) is 7.21. The molecule has 0 aliphatic carbocycles. The van der Waals surface area contributed by atoms with E-state index in [0.717, 1.165) is 4.90 Å². The predicted molar refractivity (Wildman–Crippen MR) is 85.1 cm³/mol. The largest absolute Gasteiger partial charge is 0.347 e. The van der Waals surface area contributed by atoms with Crippen LogP contribution in [0.3, 0.4) is 0 Å². The van der Waals surface area contributed by atoms with Crippen LogP contribution in [-0.4, -0.2) is 19.5 Å². The van der Waals surface area contributed by atoms with Crippen LogP contribution in [0.4, 0.5) is 8.78 Å². The Labute approximate surface area is 138 Å². The molecular formula is C17H18ClF2N2O+. The summed E-state index contributed by atoms with van der Waals surface area (Å²) in [5, 5.41) is 3.00. The van der Waals surface area contributed by atoms with Crippen LogP contribution in [0.2, 0.25) is 5.02 Å². The van der Waals surface area contributed by atoms with Gasteiger partial charge in [-0.2, -0.15) is 0 Å². The van der Waals surface area contributed by atoms with Crippen LogP contribution in [0, 0.1) is 11.6 Å². The van der Waals surface area contributed by atoms with Gasteiger partial charge in [0.25, 0.3) is 5.91 Å². The second-order valence-corrected chi connectivity index (χ2v) is 5.79. The van der Waals surface area contributed by atoms with Crippen LogP contribution < -0.4 is 10.2 Å². The molecule has 0 radical (unpaired) electrons. The van der Waals surface area contributed by atoms with Crippen molar-refractivity contribution in [1.29, 1.82) is 0 Å². The van der Waals surface area contributed by atoms with Gasteiger partial charge in [-0.05, 0) is 18.2 Å². The third-order valence-corrected chi connectivity index (χ3v) is 3.79. The van der Waals surface area contributed by atoms with Crippen molar-refractivity contribution in [1.82, 2.24) is 5.32 Å². The minimum absolute atomic E-state index is 0.124. The number of benzene rings is 2. The Balaban J connectivity index is 1.86. The lowest BCUT2D eigenvalue weighted by atomic mass is 10.2. The topological polar surface area (TPSA) is 33.5 Å². The molecule has 1 amide bonds. The number of hydrogen-bond acceptors (Lipinski definition) is 1. The van der Waals surface area contributed by atoms with Gasteiger partial charge in [0.1, 0.15) is 18.2 Å². The first-order valence-corrected chi connectivity index (χ1v) is 7.59. The summed E-state index contributed by atoms with van der Waals surface area (Å²) in [5.41, 5.74) is 0.809. The van der Waals surface area contributed by atoms with E-state index < -0.39 is 0 Å². The second-order valence-electron chi connectivity index (χ2n) is 5.38. The molecule has 0 saturated heterocycles. The molecule has 6 heteroatoms. The average Bonchev–Trinajstić information content (AvgIpc) is 2.50. The highest BCUT2D eigenvalue weighted by atomic mass is 35.5. The van der Waals surface area contributed by atoms with Gasteiger partial charge in [-0.15, -0.1) is 0 Å². The fourth-order valence-electron chi connectivity index (χ4n) is 2.24. The number of quaternary nitrogens is 1. The predicted octanol–water partition coefficient (Wildman–Crippen LogP) is 1.95. The molecule has 2 rings (SSSR count). The van der Waals surface area contributed by atoms with Crippen LogP contribution in [0.1, 0.15) is 11.1 Å². The number of amides is 1. The molecule has 0 aliphatic rings. The summed E-state index contributed by atoms with van der Waals surface area (Å²) in [6, 6.07) is 10.8. The molecule has 2 aromatic carbocycles. The third kappa shape index (κ3) is 5.01. The molecule has 122 valence electrons. The monoisotopic (exact) mass is 339 g/mol. The average molecular weight is 340 g/mol. The van der Waals surface area contributed by atoms with Crippen molar-refractivity contribution >= 4 is 17.5 Å². The number of nitrogens with one attached hydrogen (secondary N) is 2. The fourth-order valence-corrected chi connectivity index (χ4v) is 2.47. The first-order chi connectivity index (χ1) is 11.0. The van der Waals surface area contributed by atoms with Crippen molar-refractivity contribution in [2.75, 3.05) is 13.6 Å². The van der Waals surface area contributed by atoms with Gasteiger partial charge in [0.05, 0.1) is 17.6 Å². The van der Waals surface area contributed by atoms with E-state index >= 15 is 0 Å². The molecule has 0 fully saturated rings. The molecule has 3 nitrogen and oxygen atoms in total. The normalized spacial score (nSPS) is 12.0. The quantitative estimate of drug-likeness (QED) is 0.828. The molecule has 2 aromatic rings. The summed E-state index contributed by atoms with van der Waals surface area (Å²) >= 11 is 5.97. The minimum atomic E-state index is -0.386. The Hall–Kier alpha value is -1.98. The third-order valence-electron chi connectivity index (χ3n) is 3.44. The number of hydrogen-bond donors (Lipinski definition) is 2. The van der Waals surface area contributed by atoms with E-state index in [2.05, 4.69) is 5.32 Å². The van der Waals surface area contributed by atoms with E-state index in [-0.39, 0.29) is 30.6 Å². The van der Waals surface area contributed by atoms with E-state index in [9.17, 15) is 13.6 Å². The number of carbonyl (C=O) groups is 1. The van der Waals surface area contributed by atoms with Gasteiger partial charge in [0.15, 0.2) is 6.54 Å². The molecule has 23 heavy (non-hydrogen) atoms. The van der Waals surface area contributed by atoms with Gasteiger partial charge in [-0.1, -0.05) is 35.9 Å². The summed E-state index contributed by atoms with van der Waals surface area (Å²) in [5.74, 6) is -0.978. The first kappa shape index (κ1) is 17.4. The van der Waals surface area contributed by atoms with E-state index in [1.165, 1.54) is 18.2 Å². The lowest BCUT2D eigenvalue weighted by Gasteiger charge is -2.15. The van der Waals surface area contributed by atoms with Crippen LogP contribution in [-0.2, 0) is 17.9 Å². The Morgan fingerprint density at radius 2 is 1.83 bits per heavy atom. The summed E-state index contributed by atoms with van der Waals surface area (Å²) in [6.45, 7) is 0.553. The highest BCUT2D eigenvalue weighted by molar-refractivity contribution is 6.31. The highest BCUT2D eigenvalue weighted by Gasteiger charge is 2.15. The number of carbonyl (C=O) groups excluding carboxylic acids is 1. The molecule has 0 heterocycles. The van der Waals surface area contributed by atoms with E-state index in [4.69, 9.17) is 11.6 Å². The lowest BCUT2D eigenvalue weighted by Crippen LogP contribution is -3.09. The van der Waals surface area contributed by atoms with E-state index in [1.54, 1.807) is 31.3 Å². The number of halogens is 3. The van der Waals surface area contributed by atoms with Gasteiger partial charge in [0, 0.05) is 12.1 Å². The second kappa shape index (κ2) is 8.04. The maximum absolute atomic E-state index is 13.7. The van der Waals surface area contributed by atoms with Crippen LogP contribution in [0.15, 0.2) is 42.5 Å². The Morgan fingerprint density at radius 3 is 2.52 bits per heavy atom. The van der Waals surface area contributed by atoms with Crippen molar-refractivity contribution in [3.63, 3.8) is 0 Å². The molecule has 0 aromatic heterocycles. The fraction of sp³-hybridized carbons (Fsp3) is 0.235. The molecule has 0 spiro atoms. The van der Waals surface area contributed by atoms with Crippen LogP contribution in [0.25, 0.3) is 0 Å². The van der Waals surface area contributed by atoms with Gasteiger partial charge in [-0.25, -0.2) is 8.78 Å². The van der Waals surface area contributed by atoms with Crippen LogP contribution in [0.5, 0.6) is 0 Å². The molecular weight excluding hydrogens is 322 g/mol. The standard InChI is InChI=1S/C17H17ClF2N2O/c1-22(10-13-14(18)6-4-8-16(13)20)11-17(23)21-9-12-5-2-3-7-15(12)19/h2-8H,9-11H2,1H3,(H,21,23)/p+1. The molecule has 1 atom stereocenters. The number of likely N-dealkylation sites (N-methyl/N-ethyl adjacent to an activating group) is 1. The van der Waals surface area contributed by atoms with Gasteiger partial charge in [-0.3, -0.25) is 4.79 Å². The van der Waals surface area contributed by atoms with Crippen molar-refractivity contribution in [2.24, 2.45) is 0 Å². The van der Waals surface area contributed by atoms with Crippen LogP contribution >= 0.6 is 11.6 Å². The molecule has 0 bridgehead atoms. The van der Waals surface area contributed by atoms with Crippen molar-refractivity contribution in [3.05, 3.63) is 70.2 Å². The molecule has 2 N–H and O–H groups in total. The number of rotatable bonds is 6. The highest BCUT2D eigenvalue weighted by Crippen LogP contribution is 2.17. The van der Waals surface area contributed by atoms with Crippen molar-refractivity contribution in [2.45, 2.75) is 13.1 Å². The summed E-state index contributed by atoms with van der Waals surface area (Å²) < 4.78 is 27.2. The zero-order valence-electron chi connectivity index (χ0n) is 12.7. The van der Waals surface area contributed by atoms with E-state index in [1.807, 2.05) is 0 Å². The Kier molecular flexibility index (Phi) is 6.07. The summed E-state index contributed by atoms with van der Waals surface area (Å²) in [6.07, 6.45) is 0. The lowest BCUT2D eigenvalue weighted by molar-refractivity contribution is -0.885. The van der Waals surface area contributed by atoms with Gasteiger partial charge >= 0.3 is 0 Å². The SMILES string of the molecule is C[NH+](CC(=O)NCc1ccccc1F)Cc1c(F)cccc1Cl. The van der Waals surface area contributed by atoms with E-state index in [0.29, 0.717) is 22.7 Å². The van der Waals surface area contributed by atoms with Gasteiger partial charge in [0.2, 0.25) is 0 Å². The maximum atomic E-state index is 13.7. The molecule has 0 saturated carbocycles. The zero-order chi connectivity index (χ0) is 16.8. The van der Waals surface area contributed by atoms with Crippen molar-refractivity contribution in [3.8, 4) is 0 Å². The smallest absolute Gasteiger partial charge is 0.275 e. The van der Waals surface area contributed by atoms with Gasteiger partial charge < -0.3 is 10.2 Å². The summed E-state index contributed by atoms with van der Waals surface area (Å²) in [4.78, 5) is 12.7. The molecule has 1 unspecified atom stereocenters. The Morgan fingerprint density at radius 1 is 1.13 bits per heavy atom. The minimum Gasteiger partial charge on any atom is -0.347 e. The van der Waals surface area contributed by atoms with Crippen molar-refractivity contribution < 1.29 is 18.5 Å². The zero-order valence-corrected chi connectivity index (χ0v) is 13.5. The maximum Gasteiger partial charge on any atom is 0.275 e.